The number of fused-ring (bicyclic) bond motifs is 6. The molecule has 4 nitrogen and oxygen atoms in total. The molecule has 10 rings (SSSR count). The summed E-state index contributed by atoms with van der Waals surface area (Å²) in [5.41, 5.74) is 14.2. The monoisotopic (exact) mass is 662 g/mol. The third kappa shape index (κ3) is 5.34. The van der Waals surface area contributed by atoms with E-state index in [9.17, 15) is 0 Å². The summed E-state index contributed by atoms with van der Waals surface area (Å²) in [6.07, 6.45) is 1.95. The molecule has 0 atom stereocenters. The third-order valence-corrected chi connectivity index (χ3v) is 9.88. The number of pyridine rings is 4. The van der Waals surface area contributed by atoms with Crippen LogP contribution in [0.5, 0.6) is 0 Å². The fourth-order valence-electron chi connectivity index (χ4n) is 7.12. The van der Waals surface area contributed by atoms with Gasteiger partial charge in [-0.3, -0.25) is 4.98 Å². The lowest BCUT2D eigenvalue weighted by Crippen LogP contribution is -1.91. The lowest BCUT2D eigenvalue weighted by atomic mass is 9.99. The van der Waals surface area contributed by atoms with Gasteiger partial charge < -0.3 is 0 Å². The Morgan fingerprint density at radius 2 is 0.673 bits per heavy atom. The molecule has 0 aliphatic heterocycles. The predicted octanol–water partition coefficient (Wildman–Crippen LogP) is 12.2. The van der Waals surface area contributed by atoms with E-state index in [2.05, 4.69) is 152 Å². The van der Waals surface area contributed by atoms with Gasteiger partial charge in [0.2, 0.25) is 0 Å². The van der Waals surface area contributed by atoms with Gasteiger partial charge in [0, 0.05) is 50.0 Å². The Kier molecular flexibility index (Phi) is 7.10. The minimum atomic E-state index is 0.907. The normalized spacial score (nSPS) is 11.5. The standard InChI is InChI=1S/C48H30N4/c1-3-8-31(9-4-1)41-29-40-21-20-35-22-26-43(50-46(35)45(40)49-30-41)34-16-14-32(15-17-34)38-12-7-13-39(28-38)44-27-24-37-19-18-36-23-25-42(33-10-5-2-6-11-33)51-47(36)48(37)52-44/h1-30H. The number of nitrogens with zero attached hydrogens (tertiary/aromatic N) is 4. The molecule has 0 fully saturated rings. The summed E-state index contributed by atoms with van der Waals surface area (Å²) in [6, 6.07) is 61.3. The van der Waals surface area contributed by atoms with E-state index in [1.54, 1.807) is 0 Å². The Labute approximate surface area is 300 Å². The summed E-state index contributed by atoms with van der Waals surface area (Å²) in [5.74, 6) is 0. The minimum absolute atomic E-state index is 0.907. The van der Waals surface area contributed by atoms with E-state index in [-0.39, 0.29) is 0 Å². The van der Waals surface area contributed by atoms with Gasteiger partial charge in [0.05, 0.1) is 39.1 Å². The largest absolute Gasteiger partial charge is 0.253 e. The summed E-state index contributed by atoms with van der Waals surface area (Å²) in [7, 11) is 0. The number of rotatable bonds is 5. The second kappa shape index (κ2) is 12.4. The van der Waals surface area contributed by atoms with Gasteiger partial charge in [-0.25, -0.2) is 15.0 Å². The van der Waals surface area contributed by atoms with Gasteiger partial charge in [-0.15, -0.1) is 0 Å². The SMILES string of the molecule is c1ccc(-c2cnc3c(ccc4ccc(-c5ccc(-c6cccc(-c7ccc8ccc9ccc(-c%10ccccc%10)nc9c8n7)c6)cc5)nc43)c2)cc1. The van der Waals surface area contributed by atoms with Crippen LogP contribution in [0.25, 0.3) is 99.6 Å². The number of benzene rings is 6. The van der Waals surface area contributed by atoms with Crippen LogP contribution >= 0.6 is 0 Å². The molecule has 52 heavy (non-hydrogen) atoms. The minimum Gasteiger partial charge on any atom is -0.253 e. The molecule has 0 aliphatic carbocycles. The van der Waals surface area contributed by atoms with E-state index in [0.29, 0.717) is 0 Å². The first-order valence-electron chi connectivity index (χ1n) is 17.5. The van der Waals surface area contributed by atoms with Gasteiger partial charge in [0.15, 0.2) is 0 Å². The van der Waals surface area contributed by atoms with Crippen molar-refractivity contribution in [3.63, 3.8) is 0 Å². The molecular formula is C48H30N4. The van der Waals surface area contributed by atoms with Crippen LogP contribution in [0.15, 0.2) is 182 Å². The van der Waals surface area contributed by atoms with Gasteiger partial charge in [-0.2, -0.15) is 0 Å². The molecule has 0 saturated heterocycles. The quantitative estimate of drug-likeness (QED) is 0.172. The molecule has 242 valence electrons. The first-order chi connectivity index (χ1) is 25.7. The molecule has 0 aliphatic rings. The zero-order valence-corrected chi connectivity index (χ0v) is 28.1. The lowest BCUT2D eigenvalue weighted by molar-refractivity contribution is 1.36. The van der Waals surface area contributed by atoms with E-state index in [0.717, 1.165) is 99.6 Å². The van der Waals surface area contributed by atoms with Crippen LogP contribution in [0.2, 0.25) is 0 Å². The van der Waals surface area contributed by atoms with Gasteiger partial charge in [0.25, 0.3) is 0 Å². The highest BCUT2D eigenvalue weighted by Gasteiger charge is 2.12. The summed E-state index contributed by atoms with van der Waals surface area (Å²) >= 11 is 0. The van der Waals surface area contributed by atoms with Crippen molar-refractivity contribution in [3.8, 4) is 56.0 Å². The Morgan fingerprint density at radius 3 is 1.29 bits per heavy atom. The molecule has 0 bridgehead atoms. The van der Waals surface area contributed by atoms with Crippen molar-refractivity contribution in [3.05, 3.63) is 182 Å². The van der Waals surface area contributed by atoms with E-state index in [4.69, 9.17) is 19.9 Å². The average Bonchev–Trinajstić information content (AvgIpc) is 3.23. The van der Waals surface area contributed by atoms with Crippen LogP contribution in [0.1, 0.15) is 0 Å². The maximum Gasteiger partial charge on any atom is 0.0972 e. The first-order valence-corrected chi connectivity index (χ1v) is 17.5. The van der Waals surface area contributed by atoms with Crippen molar-refractivity contribution in [1.29, 1.82) is 0 Å². The van der Waals surface area contributed by atoms with Crippen LogP contribution in [-0.4, -0.2) is 19.9 Å². The Bertz CT molecular complexity index is 2940. The summed E-state index contributed by atoms with van der Waals surface area (Å²) in [5, 5.41) is 4.31. The number of aromatic nitrogens is 4. The molecule has 6 aromatic carbocycles. The highest BCUT2D eigenvalue weighted by atomic mass is 14.8. The summed E-state index contributed by atoms with van der Waals surface area (Å²) in [4.78, 5) is 20.3. The second-order valence-corrected chi connectivity index (χ2v) is 13.1. The molecule has 0 N–H and O–H groups in total. The van der Waals surface area contributed by atoms with E-state index in [1.165, 1.54) is 0 Å². The Morgan fingerprint density at radius 1 is 0.250 bits per heavy atom. The average molecular weight is 663 g/mol. The Balaban J connectivity index is 0.971. The topological polar surface area (TPSA) is 51.6 Å². The maximum absolute atomic E-state index is 5.19. The van der Waals surface area contributed by atoms with Crippen molar-refractivity contribution in [2.75, 3.05) is 0 Å². The number of hydrogen-bond donors (Lipinski definition) is 0. The third-order valence-electron chi connectivity index (χ3n) is 9.88. The molecule has 10 aromatic rings. The second-order valence-electron chi connectivity index (χ2n) is 13.1. The van der Waals surface area contributed by atoms with Crippen molar-refractivity contribution in [1.82, 2.24) is 19.9 Å². The van der Waals surface area contributed by atoms with Crippen LogP contribution in [-0.2, 0) is 0 Å². The molecule has 0 unspecified atom stereocenters. The maximum atomic E-state index is 5.19. The predicted molar refractivity (Wildman–Crippen MR) is 215 cm³/mol. The van der Waals surface area contributed by atoms with Crippen molar-refractivity contribution in [2.45, 2.75) is 0 Å². The highest BCUT2D eigenvalue weighted by molar-refractivity contribution is 6.05. The zero-order valence-electron chi connectivity index (χ0n) is 28.1. The molecule has 0 spiro atoms. The highest BCUT2D eigenvalue weighted by Crippen LogP contribution is 2.33. The smallest absolute Gasteiger partial charge is 0.0972 e. The molecule has 0 saturated carbocycles. The molecule has 4 heterocycles. The zero-order chi connectivity index (χ0) is 34.4. The first kappa shape index (κ1) is 29.8. The van der Waals surface area contributed by atoms with E-state index < -0.39 is 0 Å². The molecule has 4 heteroatoms. The van der Waals surface area contributed by atoms with Crippen LogP contribution in [0.3, 0.4) is 0 Å². The van der Waals surface area contributed by atoms with Gasteiger partial charge in [-0.05, 0) is 47.0 Å². The fourth-order valence-corrected chi connectivity index (χ4v) is 7.12. The van der Waals surface area contributed by atoms with Crippen molar-refractivity contribution in [2.24, 2.45) is 0 Å². The van der Waals surface area contributed by atoms with Crippen LogP contribution in [0, 0.1) is 0 Å². The van der Waals surface area contributed by atoms with Crippen molar-refractivity contribution >= 4 is 43.6 Å². The van der Waals surface area contributed by atoms with Gasteiger partial charge in [0.1, 0.15) is 0 Å². The summed E-state index contributed by atoms with van der Waals surface area (Å²) < 4.78 is 0. The van der Waals surface area contributed by atoms with Crippen LogP contribution < -0.4 is 0 Å². The van der Waals surface area contributed by atoms with E-state index >= 15 is 0 Å². The van der Waals surface area contributed by atoms with Crippen LogP contribution in [0.4, 0.5) is 0 Å². The molecular weight excluding hydrogens is 633 g/mol. The fraction of sp³-hybridized carbons (Fsp3) is 0. The van der Waals surface area contributed by atoms with Gasteiger partial charge in [-0.1, -0.05) is 146 Å². The molecule has 4 aromatic heterocycles. The van der Waals surface area contributed by atoms with E-state index in [1.807, 2.05) is 30.5 Å². The molecule has 0 radical (unpaired) electrons. The lowest BCUT2D eigenvalue weighted by Gasteiger charge is -2.10. The van der Waals surface area contributed by atoms with Gasteiger partial charge >= 0.3 is 0 Å². The Hall–Kier alpha value is -7.04. The number of hydrogen-bond acceptors (Lipinski definition) is 4. The molecule has 0 amide bonds. The van der Waals surface area contributed by atoms with Crippen molar-refractivity contribution < 1.29 is 0 Å². The summed E-state index contributed by atoms with van der Waals surface area (Å²) in [6.45, 7) is 0.